The number of urea groups is 1. The van der Waals surface area contributed by atoms with Gasteiger partial charge in [0, 0.05) is 37.2 Å². The van der Waals surface area contributed by atoms with Gasteiger partial charge in [0.05, 0.1) is 21.3 Å². The molecule has 0 atom stereocenters. The maximum absolute atomic E-state index is 11.6. The van der Waals surface area contributed by atoms with Crippen molar-refractivity contribution in [1.82, 2.24) is 10.6 Å². The molecule has 8 heteroatoms. The van der Waals surface area contributed by atoms with E-state index in [0.717, 1.165) is 5.56 Å². The third kappa shape index (κ3) is 6.23. The van der Waals surface area contributed by atoms with Gasteiger partial charge in [0.2, 0.25) is 0 Å². The van der Waals surface area contributed by atoms with Crippen LogP contribution in [0.5, 0.6) is 17.2 Å². The second kappa shape index (κ2) is 10.2. The molecule has 0 fully saturated rings. The third-order valence-electron chi connectivity index (χ3n) is 3.33. The lowest BCUT2D eigenvalue weighted by atomic mass is 10.1. The quantitative estimate of drug-likeness (QED) is 0.556. The first kappa shape index (κ1) is 19.4. The molecular weight excluding hydrogens is 316 g/mol. The summed E-state index contributed by atoms with van der Waals surface area (Å²) in [5.74, 6) is 0.984. The molecule has 0 aromatic heterocycles. The molecule has 134 valence electrons. The first-order valence-electron chi connectivity index (χ1n) is 7.54. The van der Waals surface area contributed by atoms with Gasteiger partial charge in [-0.2, -0.15) is 0 Å². The molecule has 0 unspecified atom stereocenters. The van der Waals surface area contributed by atoms with Crippen molar-refractivity contribution in [1.29, 1.82) is 0 Å². The van der Waals surface area contributed by atoms with Crippen molar-refractivity contribution in [3.8, 4) is 17.2 Å². The van der Waals surface area contributed by atoms with Gasteiger partial charge in [-0.25, -0.2) is 4.79 Å². The zero-order chi connectivity index (χ0) is 17.9. The molecule has 0 aliphatic carbocycles. The third-order valence-corrected chi connectivity index (χ3v) is 3.33. The van der Waals surface area contributed by atoms with Crippen molar-refractivity contribution < 1.29 is 28.9 Å². The van der Waals surface area contributed by atoms with E-state index in [-0.39, 0.29) is 12.5 Å². The molecule has 1 aromatic rings. The van der Waals surface area contributed by atoms with Crippen molar-refractivity contribution >= 4 is 12.0 Å². The van der Waals surface area contributed by atoms with Crippen LogP contribution in [0.1, 0.15) is 18.4 Å². The number of hydrogen-bond donors (Lipinski definition) is 3. The Labute approximate surface area is 141 Å². The van der Waals surface area contributed by atoms with Crippen molar-refractivity contribution in [3.05, 3.63) is 17.7 Å². The maximum atomic E-state index is 11.6. The normalized spacial score (nSPS) is 9.96. The van der Waals surface area contributed by atoms with E-state index in [1.807, 2.05) is 0 Å². The number of amides is 2. The Bertz CT molecular complexity index is 536. The summed E-state index contributed by atoms with van der Waals surface area (Å²) < 4.78 is 15.9. The average Bonchev–Trinajstić information content (AvgIpc) is 2.58. The molecule has 0 radical (unpaired) electrons. The summed E-state index contributed by atoms with van der Waals surface area (Å²) in [6.45, 7) is 0.692. The topological polar surface area (TPSA) is 106 Å². The molecule has 0 aliphatic rings. The van der Waals surface area contributed by atoms with Gasteiger partial charge in [-0.05, 0) is 12.8 Å². The second-order valence-corrected chi connectivity index (χ2v) is 4.94. The highest BCUT2D eigenvalue weighted by molar-refractivity contribution is 5.74. The SMILES string of the molecule is COc1cc(OC)c(CCNC(=O)NCCCC(=O)O)c(OC)c1. The highest BCUT2D eigenvalue weighted by Crippen LogP contribution is 2.34. The number of benzene rings is 1. The number of nitrogens with one attached hydrogen (secondary N) is 2. The van der Waals surface area contributed by atoms with Crippen molar-refractivity contribution in [2.45, 2.75) is 19.3 Å². The van der Waals surface area contributed by atoms with Crippen molar-refractivity contribution in [2.75, 3.05) is 34.4 Å². The van der Waals surface area contributed by atoms with E-state index in [4.69, 9.17) is 19.3 Å². The monoisotopic (exact) mass is 340 g/mol. The Morgan fingerprint density at radius 2 is 1.58 bits per heavy atom. The number of aliphatic carboxylic acids is 1. The molecule has 1 aromatic carbocycles. The minimum absolute atomic E-state index is 0.0283. The Balaban J connectivity index is 2.52. The second-order valence-electron chi connectivity index (χ2n) is 4.94. The predicted molar refractivity (Wildman–Crippen MR) is 88.1 cm³/mol. The van der Waals surface area contributed by atoms with Gasteiger partial charge in [-0.3, -0.25) is 4.79 Å². The highest BCUT2D eigenvalue weighted by atomic mass is 16.5. The first-order valence-corrected chi connectivity index (χ1v) is 7.54. The van der Waals surface area contributed by atoms with Gasteiger partial charge in [0.1, 0.15) is 17.2 Å². The summed E-state index contributed by atoms with van der Waals surface area (Å²) in [6, 6.07) is 3.17. The molecule has 0 aliphatic heterocycles. The van der Waals surface area contributed by atoms with E-state index in [1.54, 1.807) is 33.5 Å². The fraction of sp³-hybridized carbons (Fsp3) is 0.500. The fourth-order valence-corrected chi connectivity index (χ4v) is 2.13. The lowest BCUT2D eigenvalue weighted by molar-refractivity contribution is -0.137. The number of ether oxygens (including phenoxy) is 3. The summed E-state index contributed by atoms with van der Waals surface area (Å²) >= 11 is 0. The van der Waals surface area contributed by atoms with Gasteiger partial charge < -0.3 is 30.0 Å². The Kier molecular flexibility index (Phi) is 8.24. The van der Waals surface area contributed by atoms with Crippen molar-refractivity contribution in [3.63, 3.8) is 0 Å². The summed E-state index contributed by atoms with van der Waals surface area (Å²) in [5, 5.41) is 13.8. The molecule has 0 bridgehead atoms. The van der Waals surface area contributed by atoms with Gasteiger partial charge in [-0.15, -0.1) is 0 Å². The number of carboxylic acids is 1. The lowest BCUT2D eigenvalue weighted by Gasteiger charge is -2.15. The van der Waals surface area contributed by atoms with Gasteiger partial charge in [0.25, 0.3) is 0 Å². The van der Waals surface area contributed by atoms with E-state index >= 15 is 0 Å². The van der Waals surface area contributed by atoms with Gasteiger partial charge in [-0.1, -0.05) is 0 Å². The van der Waals surface area contributed by atoms with E-state index in [1.165, 1.54) is 0 Å². The van der Waals surface area contributed by atoms with Crippen LogP contribution < -0.4 is 24.8 Å². The van der Waals surface area contributed by atoms with Crippen LogP contribution in [0.25, 0.3) is 0 Å². The summed E-state index contributed by atoms with van der Waals surface area (Å²) in [6.07, 6.45) is 0.933. The largest absolute Gasteiger partial charge is 0.496 e. The molecule has 0 saturated carbocycles. The molecule has 0 heterocycles. The van der Waals surface area contributed by atoms with E-state index < -0.39 is 5.97 Å². The Morgan fingerprint density at radius 3 is 2.08 bits per heavy atom. The zero-order valence-corrected chi connectivity index (χ0v) is 14.2. The zero-order valence-electron chi connectivity index (χ0n) is 14.2. The molecule has 1 rings (SSSR count). The molecule has 24 heavy (non-hydrogen) atoms. The Morgan fingerprint density at radius 1 is 1.00 bits per heavy atom. The van der Waals surface area contributed by atoms with Crippen LogP contribution in [0, 0.1) is 0 Å². The van der Waals surface area contributed by atoms with E-state index in [2.05, 4.69) is 10.6 Å². The molecule has 8 nitrogen and oxygen atoms in total. The number of hydrogen-bond acceptors (Lipinski definition) is 5. The number of carboxylic acid groups (broad SMARTS) is 1. The first-order chi connectivity index (χ1) is 11.5. The van der Waals surface area contributed by atoms with E-state index in [9.17, 15) is 9.59 Å². The van der Waals surface area contributed by atoms with Gasteiger partial charge >= 0.3 is 12.0 Å². The van der Waals surface area contributed by atoms with Gasteiger partial charge in [0.15, 0.2) is 0 Å². The standard InChI is InChI=1S/C16H24N2O6/c1-22-11-9-13(23-2)12(14(10-11)24-3)6-8-18-16(21)17-7-4-5-15(19)20/h9-10H,4-8H2,1-3H3,(H,19,20)(H2,17,18,21). The molecular formula is C16H24N2O6. The molecule has 2 amide bonds. The number of methoxy groups -OCH3 is 3. The molecule has 0 saturated heterocycles. The van der Waals surface area contributed by atoms with Crippen LogP contribution >= 0.6 is 0 Å². The highest BCUT2D eigenvalue weighted by Gasteiger charge is 2.13. The summed E-state index contributed by atoms with van der Waals surface area (Å²) in [4.78, 5) is 22.0. The average molecular weight is 340 g/mol. The number of rotatable bonds is 10. The Hall–Kier alpha value is -2.64. The smallest absolute Gasteiger partial charge is 0.314 e. The van der Waals surface area contributed by atoms with Crippen molar-refractivity contribution in [2.24, 2.45) is 0 Å². The molecule has 3 N–H and O–H groups in total. The molecule has 0 spiro atoms. The predicted octanol–water partition coefficient (Wildman–Crippen LogP) is 1.42. The van der Waals surface area contributed by atoms with Crippen LogP contribution in [-0.4, -0.2) is 51.5 Å². The van der Waals surface area contributed by atoms with E-state index in [0.29, 0.717) is 43.2 Å². The fourth-order valence-electron chi connectivity index (χ4n) is 2.13. The number of carbonyl (C=O) groups is 2. The summed E-state index contributed by atoms with van der Waals surface area (Å²) in [5.41, 5.74) is 0.826. The van der Waals surface area contributed by atoms with Crippen LogP contribution in [-0.2, 0) is 11.2 Å². The van der Waals surface area contributed by atoms with Crippen LogP contribution in [0.2, 0.25) is 0 Å². The maximum Gasteiger partial charge on any atom is 0.314 e. The summed E-state index contributed by atoms with van der Waals surface area (Å²) in [7, 11) is 4.67. The minimum atomic E-state index is -0.879. The minimum Gasteiger partial charge on any atom is -0.496 e. The lowest BCUT2D eigenvalue weighted by Crippen LogP contribution is -2.37. The number of carbonyl (C=O) groups excluding carboxylic acids is 1. The van der Waals surface area contributed by atoms with Crippen LogP contribution in [0.15, 0.2) is 12.1 Å². The van der Waals surface area contributed by atoms with Crippen LogP contribution in [0.4, 0.5) is 4.79 Å². The van der Waals surface area contributed by atoms with Crippen LogP contribution in [0.3, 0.4) is 0 Å².